The zero-order valence-corrected chi connectivity index (χ0v) is 17.2. The van der Waals surface area contributed by atoms with Crippen molar-refractivity contribution in [3.8, 4) is 11.4 Å². The first kappa shape index (κ1) is 19.0. The fourth-order valence-corrected chi connectivity index (χ4v) is 4.44. The first-order chi connectivity index (χ1) is 14.6. The number of benzene rings is 2. The molecule has 2 aromatic carbocycles. The van der Waals surface area contributed by atoms with Gasteiger partial charge in [0.15, 0.2) is 0 Å². The van der Waals surface area contributed by atoms with E-state index >= 15 is 0 Å². The number of hydrogen-bond acceptors (Lipinski definition) is 4. The van der Waals surface area contributed by atoms with Gasteiger partial charge in [-0.1, -0.05) is 35.5 Å². The lowest BCUT2D eigenvalue weighted by atomic mass is 9.88. The molecule has 5 nitrogen and oxygen atoms in total. The molecule has 0 amide bonds. The molecule has 0 bridgehead atoms. The van der Waals surface area contributed by atoms with Crippen LogP contribution in [0.2, 0.25) is 0 Å². The van der Waals surface area contributed by atoms with Crippen LogP contribution in [0.1, 0.15) is 48.7 Å². The molecule has 1 fully saturated rings. The number of piperidine rings is 1. The Morgan fingerprint density at radius 3 is 2.77 bits per heavy atom. The van der Waals surface area contributed by atoms with Crippen LogP contribution in [-0.4, -0.2) is 33.1 Å². The lowest BCUT2D eigenvalue weighted by Gasteiger charge is -2.34. The van der Waals surface area contributed by atoms with Crippen LogP contribution < -0.4 is 0 Å². The molecule has 1 unspecified atom stereocenters. The monoisotopic (exact) mass is 404 g/mol. The van der Waals surface area contributed by atoms with Gasteiger partial charge in [-0.25, -0.2) is 4.39 Å². The largest absolute Gasteiger partial charge is 0.361 e. The molecule has 30 heavy (non-hydrogen) atoms. The molecule has 2 aromatic heterocycles. The van der Waals surface area contributed by atoms with Crippen LogP contribution in [-0.2, 0) is 0 Å². The van der Waals surface area contributed by atoms with E-state index in [1.54, 1.807) is 13.0 Å². The summed E-state index contributed by atoms with van der Waals surface area (Å²) in [6, 6.07) is 13.5. The highest BCUT2D eigenvalue weighted by Crippen LogP contribution is 2.35. The van der Waals surface area contributed by atoms with Crippen LogP contribution in [0.5, 0.6) is 0 Å². The molecule has 4 aromatic rings. The second kappa shape index (κ2) is 7.69. The van der Waals surface area contributed by atoms with Crippen molar-refractivity contribution in [2.24, 2.45) is 0 Å². The Morgan fingerprint density at radius 1 is 1.17 bits per heavy atom. The van der Waals surface area contributed by atoms with Crippen molar-refractivity contribution in [1.82, 2.24) is 20.0 Å². The van der Waals surface area contributed by atoms with Gasteiger partial charge in [0.2, 0.25) is 11.7 Å². The average molecular weight is 404 g/mol. The molecule has 154 valence electrons. The van der Waals surface area contributed by atoms with Crippen molar-refractivity contribution in [3.63, 3.8) is 0 Å². The van der Waals surface area contributed by atoms with Crippen LogP contribution in [0.25, 0.3) is 22.3 Å². The van der Waals surface area contributed by atoms with Gasteiger partial charge in [-0.3, -0.25) is 4.90 Å². The third-order valence-corrected chi connectivity index (χ3v) is 6.37. The van der Waals surface area contributed by atoms with Gasteiger partial charge in [0.1, 0.15) is 5.82 Å². The quantitative estimate of drug-likeness (QED) is 0.481. The number of H-pyrrole nitrogens is 1. The zero-order valence-electron chi connectivity index (χ0n) is 17.2. The van der Waals surface area contributed by atoms with Gasteiger partial charge in [0.25, 0.3) is 0 Å². The lowest BCUT2D eigenvalue weighted by molar-refractivity contribution is 0.136. The minimum absolute atomic E-state index is 0.0328. The van der Waals surface area contributed by atoms with Crippen molar-refractivity contribution in [2.75, 3.05) is 13.1 Å². The molecule has 1 N–H and O–H groups in total. The molecule has 1 saturated heterocycles. The van der Waals surface area contributed by atoms with Crippen LogP contribution >= 0.6 is 0 Å². The number of aryl methyl sites for hydroxylation is 1. The SMILES string of the molecule is Cc1ccc(-c2noc(C(C)N3CCC(c4c[nH]c5ccccc45)CC3)n2)cc1F. The highest BCUT2D eigenvalue weighted by atomic mass is 19.1. The van der Waals surface area contributed by atoms with E-state index in [2.05, 4.69) is 57.4 Å². The summed E-state index contributed by atoms with van der Waals surface area (Å²) in [6.45, 7) is 5.78. The molecule has 1 atom stereocenters. The van der Waals surface area contributed by atoms with Crippen molar-refractivity contribution in [3.05, 3.63) is 71.5 Å². The molecule has 3 heterocycles. The van der Waals surface area contributed by atoms with E-state index < -0.39 is 0 Å². The number of hydrogen-bond donors (Lipinski definition) is 1. The Hall–Kier alpha value is -2.99. The number of nitrogens with one attached hydrogen (secondary N) is 1. The predicted octanol–water partition coefficient (Wildman–Crippen LogP) is 5.61. The van der Waals surface area contributed by atoms with E-state index in [0.29, 0.717) is 28.8 Å². The molecule has 0 aliphatic carbocycles. The summed E-state index contributed by atoms with van der Waals surface area (Å²) in [7, 11) is 0. The molecule has 0 spiro atoms. The molecule has 6 heteroatoms. The van der Waals surface area contributed by atoms with Crippen LogP contribution in [0.3, 0.4) is 0 Å². The topological polar surface area (TPSA) is 58.0 Å². The van der Waals surface area contributed by atoms with Crippen molar-refractivity contribution < 1.29 is 8.91 Å². The van der Waals surface area contributed by atoms with Gasteiger partial charge in [0, 0.05) is 22.7 Å². The third-order valence-electron chi connectivity index (χ3n) is 6.37. The first-order valence-electron chi connectivity index (χ1n) is 10.5. The zero-order chi connectivity index (χ0) is 20.7. The minimum Gasteiger partial charge on any atom is -0.361 e. The number of halogens is 1. The fraction of sp³-hybridized carbons (Fsp3) is 0.333. The molecule has 5 rings (SSSR count). The number of likely N-dealkylation sites (tertiary alicyclic amines) is 1. The van der Waals surface area contributed by atoms with Crippen LogP contribution in [0, 0.1) is 12.7 Å². The van der Waals surface area contributed by atoms with Gasteiger partial charge in [-0.15, -0.1) is 0 Å². The Kier molecular flexibility index (Phi) is 4.87. The molecule has 0 saturated carbocycles. The predicted molar refractivity (Wildman–Crippen MR) is 115 cm³/mol. The summed E-state index contributed by atoms with van der Waals surface area (Å²) in [6.07, 6.45) is 4.35. The van der Waals surface area contributed by atoms with Crippen molar-refractivity contribution in [2.45, 2.75) is 38.6 Å². The first-order valence-corrected chi connectivity index (χ1v) is 10.5. The average Bonchev–Trinajstić information content (AvgIpc) is 3.43. The second-order valence-corrected chi connectivity index (χ2v) is 8.20. The highest BCUT2D eigenvalue weighted by Gasteiger charge is 2.28. The summed E-state index contributed by atoms with van der Waals surface area (Å²) in [5, 5.41) is 5.41. The van der Waals surface area contributed by atoms with Crippen LogP contribution in [0.4, 0.5) is 4.39 Å². The Balaban J connectivity index is 1.27. The Labute approximate surface area is 174 Å². The van der Waals surface area contributed by atoms with Gasteiger partial charge in [-0.05, 0) is 69.0 Å². The third kappa shape index (κ3) is 3.41. The van der Waals surface area contributed by atoms with E-state index in [0.717, 1.165) is 25.9 Å². The molecular formula is C24H25FN4O. The summed E-state index contributed by atoms with van der Waals surface area (Å²) < 4.78 is 19.4. The maximum atomic E-state index is 13.9. The Bertz CT molecular complexity index is 1170. The van der Waals surface area contributed by atoms with E-state index in [9.17, 15) is 4.39 Å². The van der Waals surface area contributed by atoms with Crippen molar-refractivity contribution >= 4 is 10.9 Å². The smallest absolute Gasteiger partial charge is 0.244 e. The lowest BCUT2D eigenvalue weighted by Crippen LogP contribution is -2.35. The molecule has 0 radical (unpaired) electrons. The minimum atomic E-state index is -0.258. The molecule has 1 aliphatic heterocycles. The van der Waals surface area contributed by atoms with E-state index in [4.69, 9.17) is 4.52 Å². The summed E-state index contributed by atoms with van der Waals surface area (Å²) >= 11 is 0. The number of para-hydroxylation sites is 1. The number of fused-ring (bicyclic) bond motifs is 1. The van der Waals surface area contributed by atoms with Crippen LogP contribution in [0.15, 0.2) is 53.2 Å². The standard InChI is InChI=1S/C24H25FN4O/c1-15-7-8-18(13-21(15)25)23-27-24(30-28-23)16(2)29-11-9-17(10-12-29)20-14-26-22-6-4-3-5-19(20)22/h3-8,13-14,16-17,26H,9-12H2,1-2H3. The van der Waals surface area contributed by atoms with Crippen molar-refractivity contribution in [1.29, 1.82) is 0 Å². The molecular weight excluding hydrogens is 379 g/mol. The summed E-state index contributed by atoms with van der Waals surface area (Å²) in [5.41, 5.74) is 3.86. The Morgan fingerprint density at radius 2 is 1.97 bits per heavy atom. The van der Waals surface area contributed by atoms with Gasteiger partial charge < -0.3 is 9.51 Å². The number of rotatable bonds is 4. The van der Waals surface area contributed by atoms with E-state index in [-0.39, 0.29) is 11.9 Å². The maximum Gasteiger partial charge on any atom is 0.244 e. The number of aromatic amines is 1. The van der Waals surface area contributed by atoms with E-state index in [1.807, 2.05) is 6.07 Å². The number of aromatic nitrogens is 3. The van der Waals surface area contributed by atoms with Gasteiger partial charge in [0.05, 0.1) is 6.04 Å². The van der Waals surface area contributed by atoms with Gasteiger partial charge in [-0.2, -0.15) is 4.98 Å². The fourth-order valence-electron chi connectivity index (χ4n) is 4.44. The highest BCUT2D eigenvalue weighted by molar-refractivity contribution is 5.83. The normalized spacial score (nSPS) is 16.9. The molecule has 1 aliphatic rings. The number of nitrogens with zero attached hydrogens (tertiary/aromatic N) is 3. The summed E-state index contributed by atoms with van der Waals surface area (Å²) in [4.78, 5) is 10.3. The maximum absolute atomic E-state index is 13.9. The van der Waals surface area contributed by atoms with E-state index in [1.165, 1.54) is 22.5 Å². The second-order valence-electron chi connectivity index (χ2n) is 8.20. The van der Waals surface area contributed by atoms with Gasteiger partial charge >= 0.3 is 0 Å². The summed E-state index contributed by atoms with van der Waals surface area (Å²) in [5.74, 6) is 1.31.